The molecule has 1 atom stereocenters. The van der Waals surface area contributed by atoms with Crippen LogP contribution in [0.25, 0.3) is 0 Å². The standard InChI is InChI=1S/C16H18F3N7O5/c1-25-14(22-23-24-25)21-13(27)10-3-4-12(16(17,18)19)20-11(10)7-30-6-9-5-26(8-29-2)15(28)31-9/h3-4,9H,5-8H2,1-2H3,(H,21,22,24,27). The quantitative estimate of drug-likeness (QED) is 0.627. The van der Waals surface area contributed by atoms with Crippen LogP contribution in [0.2, 0.25) is 0 Å². The van der Waals surface area contributed by atoms with E-state index in [0.717, 1.165) is 6.07 Å². The van der Waals surface area contributed by atoms with Gasteiger partial charge in [0.25, 0.3) is 5.91 Å². The van der Waals surface area contributed by atoms with Gasteiger partial charge in [-0.3, -0.25) is 15.0 Å². The van der Waals surface area contributed by atoms with Gasteiger partial charge in [-0.1, -0.05) is 5.10 Å². The molecule has 0 aliphatic carbocycles. The molecule has 2 aromatic rings. The lowest BCUT2D eigenvalue weighted by atomic mass is 10.1. The molecule has 168 valence electrons. The first kappa shape index (κ1) is 22.4. The molecule has 3 heterocycles. The maximum Gasteiger partial charge on any atom is 0.433 e. The highest BCUT2D eigenvalue weighted by Crippen LogP contribution is 2.28. The van der Waals surface area contributed by atoms with Crippen molar-refractivity contribution in [3.05, 3.63) is 29.1 Å². The van der Waals surface area contributed by atoms with E-state index in [4.69, 9.17) is 14.2 Å². The monoisotopic (exact) mass is 445 g/mol. The van der Waals surface area contributed by atoms with Gasteiger partial charge < -0.3 is 14.2 Å². The van der Waals surface area contributed by atoms with Crippen molar-refractivity contribution in [2.75, 3.05) is 32.3 Å². The number of cyclic esters (lactones) is 1. The van der Waals surface area contributed by atoms with Crippen molar-refractivity contribution < 1.29 is 37.0 Å². The highest BCUT2D eigenvalue weighted by molar-refractivity contribution is 6.04. The fraction of sp³-hybridized carbons (Fsp3) is 0.500. The van der Waals surface area contributed by atoms with Crippen LogP contribution in [-0.4, -0.2) is 75.2 Å². The van der Waals surface area contributed by atoms with Gasteiger partial charge in [0.15, 0.2) is 0 Å². The Balaban J connectivity index is 1.71. The second-order valence-electron chi connectivity index (χ2n) is 6.43. The molecule has 1 aliphatic rings. The fourth-order valence-electron chi connectivity index (χ4n) is 2.69. The Hall–Kier alpha value is -3.33. The predicted octanol–water partition coefficient (Wildman–Crippen LogP) is 0.817. The zero-order valence-corrected chi connectivity index (χ0v) is 16.4. The third-order valence-corrected chi connectivity index (χ3v) is 4.13. The first-order valence-electron chi connectivity index (χ1n) is 8.82. The van der Waals surface area contributed by atoms with E-state index in [9.17, 15) is 22.8 Å². The Kier molecular flexibility index (Phi) is 6.65. The van der Waals surface area contributed by atoms with Crippen LogP contribution >= 0.6 is 0 Å². The molecule has 0 saturated carbocycles. The molecule has 0 radical (unpaired) electrons. The van der Waals surface area contributed by atoms with Crippen molar-refractivity contribution in [1.29, 1.82) is 0 Å². The lowest BCUT2D eigenvalue weighted by molar-refractivity contribution is -0.141. The van der Waals surface area contributed by atoms with Gasteiger partial charge in [-0.2, -0.15) is 13.2 Å². The first-order valence-corrected chi connectivity index (χ1v) is 8.82. The van der Waals surface area contributed by atoms with Crippen molar-refractivity contribution in [2.24, 2.45) is 7.05 Å². The van der Waals surface area contributed by atoms with Gasteiger partial charge in [0, 0.05) is 14.2 Å². The van der Waals surface area contributed by atoms with Crippen LogP contribution in [0, 0.1) is 0 Å². The highest BCUT2D eigenvalue weighted by Gasteiger charge is 2.34. The van der Waals surface area contributed by atoms with Crippen LogP contribution in [0.5, 0.6) is 0 Å². The van der Waals surface area contributed by atoms with E-state index in [1.54, 1.807) is 0 Å². The molecule has 3 rings (SSSR count). The zero-order valence-electron chi connectivity index (χ0n) is 16.4. The van der Waals surface area contributed by atoms with Crippen LogP contribution in [0.3, 0.4) is 0 Å². The van der Waals surface area contributed by atoms with Crippen LogP contribution in [0.4, 0.5) is 23.9 Å². The number of anilines is 1. The van der Waals surface area contributed by atoms with E-state index in [1.807, 2.05) is 0 Å². The number of carbonyl (C=O) groups is 2. The van der Waals surface area contributed by atoms with Crippen molar-refractivity contribution in [3.8, 4) is 0 Å². The highest BCUT2D eigenvalue weighted by atomic mass is 19.4. The van der Waals surface area contributed by atoms with Gasteiger partial charge in [0.05, 0.1) is 31.0 Å². The molecular formula is C16H18F3N7O5. The van der Waals surface area contributed by atoms with Gasteiger partial charge in [0.1, 0.15) is 18.5 Å². The summed E-state index contributed by atoms with van der Waals surface area (Å²) in [6.45, 7) is -0.318. The Morgan fingerprint density at radius 1 is 1.39 bits per heavy atom. The second kappa shape index (κ2) is 9.22. The number of pyridine rings is 1. The fourth-order valence-corrected chi connectivity index (χ4v) is 2.69. The number of aryl methyl sites for hydroxylation is 1. The van der Waals surface area contributed by atoms with Gasteiger partial charge >= 0.3 is 12.3 Å². The number of nitrogens with zero attached hydrogens (tertiary/aromatic N) is 6. The molecule has 2 amide bonds. The molecule has 15 heteroatoms. The average molecular weight is 445 g/mol. The minimum atomic E-state index is -4.71. The van der Waals surface area contributed by atoms with Crippen molar-refractivity contribution >= 4 is 17.9 Å². The molecule has 1 fully saturated rings. The maximum absolute atomic E-state index is 13.1. The Morgan fingerprint density at radius 2 is 2.16 bits per heavy atom. The molecule has 1 N–H and O–H groups in total. The topological polar surface area (TPSA) is 134 Å². The van der Waals surface area contributed by atoms with Gasteiger partial charge in [-0.05, 0) is 22.6 Å². The van der Waals surface area contributed by atoms with E-state index in [1.165, 1.54) is 23.7 Å². The molecule has 31 heavy (non-hydrogen) atoms. The summed E-state index contributed by atoms with van der Waals surface area (Å²) < 4.78 is 55.7. The predicted molar refractivity (Wildman–Crippen MR) is 94.5 cm³/mol. The number of methoxy groups -OCH3 is 1. The molecule has 1 unspecified atom stereocenters. The second-order valence-corrected chi connectivity index (χ2v) is 6.43. The van der Waals surface area contributed by atoms with E-state index >= 15 is 0 Å². The normalized spacial score (nSPS) is 16.5. The number of halogens is 3. The number of rotatable bonds is 8. The number of carbonyl (C=O) groups excluding carboxylic acids is 2. The summed E-state index contributed by atoms with van der Waals surface area (Å²) in [7, 11) is 2.89. The Labute approximate surface area is 173 Å². The Bertz CT molecular complexity index is 952. The molecule has 1 saturated heterocycles. The SMILES string of the molecule is COCN1CC(COCc2nc(C(F)(F)F)ccc2C(=O)Nc2nnnn2C)OC1=O. The van der Waals surface area contributed by atoms with Crippen LogP contribution in [0.15, 0.2) is 12.1 Å². The van der Waals surface area contributed by atoms with E-state index in [0.29, 0.717) is 6.07 Å². The largest absolute Gasteiger partial charge is 0.442 e. The van der Waals surface area contributed by atoms with Gasteiger partial charge in [-0.25, -0.2) is 14.5 Å². The lowest BCUT2D eigenvalue weighted by Gasteiger charge is -2.14. The average Bonchev–Trinajstić information content (AvgIpc) is 3.26. The summed E-state index contributed by atoms with van der Waals surface area (Å²) in [6, 6.07) is 1.68. The number of aromatic nitrogens is 5. The van der Waals surface area contributed by atoms with E-state index < -0.39 is 36.6 Å². The first-order chi connectivity index (χ1) is 14.7. The number of alkyl halides is 3. The van der Waals surface area contributed by atoms with E-state index in [2.05, 4.69) is 25.8 Å². The van der Waals surface area contributed by atoms with Crippen molar-refractivity contribution in [1.82, 2.24) is 30.1 Å². The minimum absolute atomic E-state index is 0.00660. The summed E-state index contributed by atoms with van der Waals surface area (Å²) in [6.07, 6.45) is -5.95. The number of ether oxygens (including phenoxy) is 3. The number of amides is 2. The summed E-state index contributed by atoms with van der Waals surface area (Å²) in [5.41, 5.74) is -1.58. The smallest absolute Gasteiger partial charge is 0.433 e. The summed E-state index contributed by atoms with van der Waals surface area (Å²) in [5.74, 6) is -0.774. The number of hydrogen-bond donors (Lipinski definition) is 1. The molecule has 1 aliphatic heterocycles. The van der Waals surface area contributed by atoms with Crippen molar-refractivity contribution in [2.45, 2.75) is 18.9 Å². The van der Waals surface area contributed by atoms with E-state index in [-0.39, 0.29) is 37.1 Å². The van der Waals surface area contributed by atoms with Crippen LogP contribution < -0.4 is 5.32 Å². The lowest BCUT2D eigenvalue weighted by Crippen LogP contribution is -2.28. The molecule has 0 bridgehead atoms. The van der Waals surface area contributed by atoms with Crippen LogP contribution in [-0.2, 0) is 34.0 Å². The maximum atomic E-state index is 13.1. The number of tetrazole rings is 1. The third-order valence-electron chi connectivity index (χ3n) is 4.13. The number of nitrogens with one attached hydrogen (secondary N) is 1. The van der Waals surface area contributed by atoms with Gasteiger partial charge in [-0.15, -0.1) is 0 Å². The molecule has 0 aromatic carbocycles. The molecule has 0 spiro atoms. The molecule has 12 nitrogen and oxygen atoms in total. The summed E-state index contributed by atoms with van der Waals surface area (Å²) in [4.78, 5) is 29.0. The van der Waals surface area contributed by atoms with Crippen LogP contribution in [0.1, 0.15) is 21.7 Å². The number of hydrogen-bond acceptors (Lipinski definition) is 9. The summed E-state index contributed by atoms with van der Waals surface area (Å²) in [5, 5.41) is 12.9. The zero-order chi connectivity index (χ0) is 22.6. The molecule has 2 aromatic heterocycles. The van der Waals surface area contributed by atoms with Gasteiger partial charge in [0.2, 0.25) is 5.95 Å². The van der Waals surface area contributed by atoms with Crippen molar-refractivity contribution in [3.63, 3.8) is 0 Å². The Morgan fingerprint density at radius 3 is 2.81 bits per heavy atom. The minimum Gasteiger partial charge on any atom is -0.442 e. The summed E-state index contributed by atoms with van der Waals surface area (Å²) >= 11 is 0. The third kappa shape index (κ3) is 5.43. The molecular weight excluding hydrogens is 427 g/mol.